The summed E-state index contributed by atoms with van der Waals surface area (Å²) >= 11 is 0. The molecule has 2 aromatic rings. The minimum Gasteiger partial charge on any atom is -0.497 e. The van der Waals surface area contributed by atoms with E-state index in [1.54, 1.807) is 12.1 Å². The van der Waals surface area contributed by atoms with E-state index in [0.717, 1.165) is 0 Å². The third-order valence-corrected chi connectivity index (χ3v) is 5.05. The number of hydrogen-bond acceptors (Lipinski definition) is 5. The maximum atomic E-state index is 12.7. The van der Waals surface area contributed by atoms with Gasteiger partial charge < -0.3 is 4.74 Å². The number of methoxy groups -OCH3 is 1. The molecular weight excluding hydrogens is 306 g/mol. The fourth-order valence-electron chi connectivity index (χ4n) is 2.25. The van der Waals surface area contributed by atoms with Gasteiger partial charge in [0.25, 0.3) is 15.8 Å². The van der Waals surface area contributed by atoms with Crippen molar-refractivity contribution in [3.8, 4) is 5.75 Å². The molecule has 6 nitrogen and oxygen atoms in total. The summed E-state index contributed by atoms with van der Waals surface area (Å²) in [7, 11) is -2.69. The first-order valence-corrected chi connectivity index (χ1v) is 7.78. The second-order valence-electron chi connectivity index (χ2n) is 4.60. The van der Waals surface area contributed by atoms with Crippen LogP contribution in [0.1, 0.15) is 10.4 Å². The highest BCUT2D eigenvalue weighted by molar-refractivity contribution is 7.93. The van der Waals surface area contributed by atoms with Crippen LogP contribution in [0.5, 0.6) is 5.75 Å². The Hall–Kier alpha value is -2.67. The first-order valence-electron chi connectivity index (χ1n) is 6.34. The molecule has 1 amide bonds. The average Bonchev–Trinajstić information content (AvgIpc) is 2.80. The van der Waals surface area contributed by atoms with Crippen LogP contribution in [0, 0.1) is 0 Å². The largest absolute Gasteiger partial charge is 0.497 e. The topological polar surface area (TPSA) is 80.8 Å². The first-order chi connectivity index (χ1) is 10.5. The van der Waals surface area contributed by atoms with E-state index in [1.807, 2.05) is 0 Å². The maximum Gasteiger partial charge on any atom is 0.313 e. The number of carbonyl (C=O) groups is 2. The zero-order valence-electron chi connectivity index (χ0n) is 11.5. The molecule has 7 heteroatoms. The van der Waals surface area contributed by atoms with E-state index in [4.69, 9.17) is 4.74 Å². The molecule has 0 N–H and O–H groups in total. The second-order valence-corrected chi connectivity index (χ2v) is 6.38. The molecule has 2 aromatic carbocycles. The van der Waals surface area contributed by atoms with Gasteiger partial charge in [-0.15, -0.1) is 0 Å². The quantitative estimate of drug-likeness (QED) is 0.804. The monoisotopic (exact) mass is 317 g/mol. The van der Waals surface area contributed by atoms with Crippen LogP contribution in [0.3, 0.4) is 0 Å². The van der Waals surface area contributed by atoms with Crippen molar-refractivity contribution in [1.82, 2.24) is 0 Å². The van der Waals surface area contributed by atoms with E-state index in [2.05, 4.69) is 0 Å². The summed E-state index contributed by atoms with van der Waals surface area (Å²) in [6.45, 7) is 0. The van der Waals surface area contributed by atoms with E-state index in [9.17, 15) is 18.0 Å². The Morgan fingerprint density at radius 3 is 2.23 bits per heavy atom. The average molecular weight is 317 g/mol. The van der Waals surface area contributed by atoms with Crippen LogP contribution in [-0.4, -0.2) is 27.2 Å². The fraction of sp³-hybridized carbons (Fsp3) is 0.0667. The van der Waals surface area contributed by atoms with Gasteiger partial charge in [0.05, 0.1) is 23.3 Å². The highest BCUT2D eigenvalue weighted by atomic mass is 32.2. The summed E-state index contributed by atoms with van der Waals surface area (Å²) in [4.78, 5) is 23.9. The predicted molar refractivity (Wildman–Crippen MR) is 78.4 cm³/mol. The molecule has 0 bridgehead atoms. The van der Waals surface area contributed by atoms with Gasteiger partial charge in [0.1, 0.15) is 5.75 Å². The summed E-state index contributed by atoms with van der Waals surface area (Å²) < 4.78 is 30.9. The molecule has 112 valence electrons. The fourth-order valence-corrected chi connectivity index (χ4v) is 3.66. The first kappa shape index (κ1) is 14.3. The number of sulfonamides is 1. The summed E-state index contributed by atoms with van der Waals surface area (Å²) in [5.41, 5.74) is 0.165. The standard InChI is InChI=1S/C15H11NO5S/c1-21-10-6-8-11(9-7-10)22(19,20)16-13-5-3-2-4-12(13)14(17)15(16)18/h2-9H,1H3. The van der Waals surface area contributed by atoms with Gasteiger partial charge >= 0.3 is 5.91 Å². The van der Waals surface area contributed by atoms with Crippen LogP contribution < -0.4 is 9.04 Å². The SMILES string of the molecule is COc1ccc(S(=O)(=O)N2C(=O)C(=O)c3ccccc32)cc1. The molecule has 1 aliphatic heterocycles. The Morgan fingerprint density at radius 2 is 1.59 bits per heavy atom. The molecule has 22 heavy (non-hydrogen) atoms. The van der Waals surface area contributed by atoms with Crippen molar-refractivity contribution in [3.05, 3.63) is 54.1 Å². The number of benzene rings is 2. The van der Waals surface area contributed by atoms with E-state index in [0.29, 0.717) is 10.1 Å². The zero-order valence-corrected chi connectivity index (χ0v) is 12.3. The Morgan fingerprint density at radius 1 is 0.955 bits per heavy atom. The normalized spacial score (nSPS) is 14.1. The van der Waals surface area contributed by atoms with Crippen molar-refractivity contribution in [3.63, 3.8) is 0 Å². The van der Waals surface area contributed by atoms with Crippen molar-refractivity contribution in [2.24, 2.45) is 0 Å². The number of rotatable bonds is 3. The number of anilines is 1. The van der Waals surface area contributed by atoms with Crippen LogP contribution in [0.15, 0.2) is 53.4 Å². The molecule has 1 aliphatic rings. The third kappa shape index (κ3) is 1.98. The number of ether oxygens (including phenoxy) is 1. The van der Waals surface area contributed by atoms with Gasteiger partial charge in [-0.1, -0.05) is 12.1 Å². The molecule has 0 radical (unpaired) electrons. The summed E-state index contributed by atoms with van der Waals surface area (Å²) in [6, 6.07) is 11.6. The van der Waals surface area contributed by atoms with Gasteiger partial charge in [-0.05, 0) is 36.4 Å². The highest BCUT2D eigenvalue weighted by Gasteiger charge is 2.43. The van der Waals surface area contributed by atoms with E-state index < -0.39 is 21.7 Å². The smallest absolute Gasteiger partial charge is 0.313 e. The van der Waals surface area contributed by atoms with Crippen molar-refractivity contribution in [1.29, 1.82) is 0 Å². The molecule has 0 aliphatic carbocycles. The summed E-state index contributed by atoms with van der Waals surface area (Å²) in [5, 5.41) is 0. The third-order valence-electron chi connectivity index (χ3n) is 3.34. The van der Waals surface area contributed by atoms with Crippen LogP contribution in [0.25, 0.3) is 0 Å². The molecule has 0 aromatic heterocycles. The number of fused-ring (bicyclic) bond motifs is 1. The molecule has 1 heterocycles. The lowest BCUT2D eigenvalue weighted by Gasteiger charge is -2.16. The lowest BCUT2D eigenvalue weighted by Crippen LogP contribution is -2.35. The minimum atomic E-state index is -4.15. The number of para-hydroxylation sites is 1. The molecule has 0 spiro atoms. The number of nitrogens with zero attached hydrogens (tertiary/aromatic N) is 1. The van der Waals surface area contributed by atoms with Crippen LogP contribution in [0.2, 0.25) is 0 Å². The van der Waals surface area contributed by atoms with Gasteiger partial charge in [0, 0.05) is 0 Å². The predicted octanol–water partition coefficient (Wildman–Crippen LogP) is 1.61. The van der Waals surface area contributed by atoms with Crippen molar-refractivity contribution in [2.75, 3.05) is 11.4 Å². The lowest BCUT2D eigenvalue weighted by molar-refractivity contribution is -0.113. The molecular formula is C15H11NO5S. The van der Waals surface area contributed by atoms with Gasteiger partial charge in [0.15, 0.2) is 0 Å². The number of hydrogen-bond donors (Lipinski definition) is 0. The van der Waals surface area contributed by atoms with E-state index in [1.165, 1.54) is 43.5 Å². The van der Waals surface area contributed by atoms with E-state index in [-0.39, 0.29) is 16.1 Å². The number of Topliss-reactive ketones (excluding diaryl/α,β-unsaturated/α-hetero) is 1. The van der Waals surface area contributed by atoms with Crippen molar-refractivity contribution >= 4 is 27.4 Å². The number of carbonyl (C=O) groups excluding carboxylic acids is 2. The van der Waals surface area contributed by atoms with Gasteiger partial charge in [-0.25, -0.2) is 8.42 Å². The summed E-state index contributed by atoms with van der Waals surface area (Å²) in [6.07, 6.45) is 0. The van der Waals surface area contributed by atoms with Gasteiger partial charge in [0.2, 0.25) is 0 Å². The molecule has 3 rings (SSSR count). The zero-order chi connectivity index (χ0) is 15.9. The number of ketones is 1. The minimum absolute atomic E-state index is 0.0771. The molecule has 0 saturated heterocycles. The molecule has 0 atom stereocenters. The Labute approximate surface area is 127 Å². The van der Waals surface area contributed by atoms with Crippen molar-refractivity contribution in [2.45, 2.75) is 4.90 Å². The van der Waals surface area contributed by atoms with Crippen LogP contribution in [0.4, 0.5) is 5.69 Å². The maximum absolute atomic E-state index is 12.7. The molecule has 0 fully saturated rings. The highest BCUT2D eigenvalue weighted by Crippen LogP contribution is 2.33. The van der Waals surface area contributed by atoms with E-state index >= 15 is 0 Å². The van der Waals surface area contributed by atoms with Crippen LogP contribution in [-0.2, 0) is 14.8 Å². The Balaban J connectivity index is 2.13. The molecule has 0 unspecified atom stereocenters. The number of amides is 1. The van der Waals surface area contributed by atoms with Crippen LogP contribution >= 0.6 is 0 Å². The summed E-state index contributed by atoms with van der Waals surface area (Å²) in [5.74, 6) is -1.41. The Bertz CT molecular complexity index is 871. The van der Waals surface area contributed by atoms with Gasteiger partial charge in [-0.2, -0.15) is 4.31 Å². The Kier molecular flexibility index (Phi) is 3.22. The second kappa shape index (κ2) is 4.96. The lowest BCUT2D eigenvalue weighted by atomic mass is 10.1. The van der Waals surface area contributed by atoms with Gasteiger partial charge in [-0.3, -0.25) is 9.59 Å². The molecule has 0 saturated carbocycles. The van der Waals surface area contributed by atoms with Crippen molar-refractivity contribution < 1.29 is 22.7 Å².